The molecule has 2 heterocycles. The van der Waals surface area contributed by atoms with Crippen molar-refractivity contribution in [2.45, 2.75) is 12.5 Å². The SMILES string of the molecule is CN1C(=O)C[C@@H](C(=O)Nc2ccccn2)[C@H]1c1ccc(Cl)cc1. The van der Waals surface area contributed by atoms with Crippen LogP contribution in [0.3, 0.4) is 0 Å². The molecule has 0 unspecified atom stereocenters. The number of hydrogen-bond donors (Lipinski definition) is 1. The van der Waals surface area contributed by atoms with Crippen LogP contribution >= 0.6 is 11.6 Å². The Morgan fingerprint density at radius 1 is 1.26 bits per heavy atom. The summed E-state index contributed by atoms with van der Waals surface area (Å²) in [5, 5.41) is 3.40. The predicted molar refractivity (Wildman–Crippen MR) is 87.9 cm³/mol. The third kappa shape index (κ3) is 3.19. The second kappa shape index (κ2) is 6.38. The van der Waals surface area contributed by atoms with Crippen molar-refractivity contribution in [1.82, 2.24) is 9.88 Å². The van der Waals surface area contributed by atoms with Crippen LogP contribution < -0.4 is 5.32 Å². The molecule has 1 saturated heterocycles. The summed E-state index contributed by atoms with van der Waals surface area (Å²) in [7, 11) is 1.72. The molecule has 0 radical (unpaired) electrons. The number of pyridine rings is 1. The zero-order valence-electron chi connectivity index (χ0n) is 12.6. The maximum absolute atomic E-state index is 12.6. The van der Waals surface area contributed by atoms with Crippen LogP contribution in [-0.4, -0.2) is 28.7 Å². The van der Waals surface area contributed by atoms with E-state index in [4.69, 9.17) is 11.6 Å². The molecule has 2 amide bonds. The van der Waals surface area contributed by atoms with E-state index >= 15 is 0 Å². The first-order valence-electron chi connectivity index (χ1n) is 7.29. The van der Waals surface area contributed by atoms with Crippen LogP contribution in [-0.2, 0) is 9.59 Å². The summed E-state index contributed by atoms with van der Waals surface area (Å²) in [4.78, 5) is 30.4. The Morgan fingerprint density at radius 3 is 2.65 bits per heavy atom. The van der Waals surface area contributed by atoms with E-state index in [-0.39, 0.29) is 24.3 Å². The summed E-state index contributed by atoms with van der Waals surface area (Å²) < 4.78 is 0. The van der Waals surface area contributed by atoms with Gasteiger partial charge in [0.15, 0.2) is 0 Å². The standard InChI is InChI=1S/C17H16ClN3O2/c1-21-15(22)10-13(16(21)11-5-7-12(18)8-6-11)17(23)20-14-4-2-3-9-19-14/h2-9,13,16H,10H2,1H3,(H,19,20,23)/t13-,16-/m1/s1. The van der Waals surface area contributed by atoms with Gasteiger partial charge in [-0.1, -0.05) is 29.8 Å². The van der Waals surface area contributed by atoms with Crippen molar-refractivity contribution in [3.05, 3.63) is 59.2 Å². The minimum atomic E-state index is -0.462. The van der Waals surface area contributed by atoms with E-state index in [1.807, 2.05) is 12.1 Å². The average molecular weight is 330 g/mol. The number of likely N-dealkylation sites (tertiary alicyclic amines) is 1. The fraction of sp³-hybridized carbons (Fsp3) is 0.235. The number of aromatic nitrogens is 1. The Kier molecular flexibility index (Phi) is 4.30. The lowest BCUT2D eigenvalue weighted by molar-refractivity contribution is -0.127. The van der Waals surface area contributed by atoms with Crippen molar-refractivity contribution >= 4 is 29.2 Å². The highest BCUT2D eigenvalue weighted by molar-refractivity contribution is 6.30. The number of amides is 2. The lowest BCUT2D eigenvalue weighted by Crippen LogP contribution is -2.30. The van der Waals surface area contributed by atoms with Gasteiger partial charge in [0.2, 0.25) is 11.8 Å². The van der Waals surface area contributed by atoms with Crippen molar-refractivity contribution in [2.75, 3.05) is 12.4 Å². The van der Waals surface area contributed by atoms with Crippen LogP contribution in [0.5, 0.6) is 0 Å². The van der Waals surface area contributed by atoms with Gasteiger partial charge in [-0.3, -0.25) is 9.59 Å². The number of benzene rings is 1. The number of anilines is 1. The van der Waals surface area contributed by atoms with Gasteiger partial charge in [0, 0.05) is 24.7 Å². The van der Waals surface area contributed by atoms with Gasteiger partial charge in [-0.05, 0) is 29.8 Å². The Balaban J connectivity index is 1.85. The topological polar surface area (TPSA) is 62.3 Å². The number of carbonyl (C=O) groups excluding carboxylic acids is 2. The first-order chi connectivity index (χ1) is 11.1. The fourth-order valence-electron chi connectivity index (χ4n) is 2.88. The van der Waals surface area contributed by atoms with Gasteiger partial charge in [0.05, 0.1) is 12.0 Å². The molecule has 0 bridgehead atoms. The van der Waals surface area contributed by atoms with Gasteiger partial charge in [-0.15, -0.1) is 0 Å². The smallest absolute Gasteiger partial charge is 0.231 e. The van der Waals surface area contributed by atoms with Crippen LogP contribution in [0.4, 0.5) is 5.82 Å². The van der Waals surface area contributed by atoms with E-state index in [2.05, 4.69) is 10.3 Å². The third-order valence-corrected chi connectivity index (χ3v) is 4.30. The molecule has 2 atom stereocenters. The highest BCUT2D eigenvalue weighted by atomic mass is 35.5. The molecule has 2 aromatic rings. The largest absolute Gasteiger partial charge is 0.338 e. The summed E-state index contributed by atoms with van der Waals surface area (Å²) in [6.07, 6.45) is 1.79. The normalized spacial score (nSPS) is 20.6. The molecule has 1 fully saturated rings. The maximum atomic E-state index is 12.6. The number of carbonyl (C=O) groups is 2. The van der Waals surface area contributed by atoms with Gasteiger partial charge in [-0.25, -0.2) is 4.98 Å². The van der Waals surface area contributed by atoms with Crippen molar-refractivity contribution in [1.29, 1.82) is 0 Å². The third-order valence-electron chi connectivity index (χ3n) is 4.05. The molecule has 1 aromatic heterocycles. The molecular formula is C17H16ClN3O2. The van der Waals surface area contributed by atoms with Crippen molar-refractivity contribution in [3.8, 4) is 0 Å². The van der Waals surface area contributed by atoms with Gasteiger partial charge in [0.1, 0.15) is 5.82 Å². The van der Waals surface area contributed by atoms with E-state index in [9.17, 15) is 9.59 Å². The summed E-state index contributed by atoms with van der Waals surface area (Å²) in [5.74, 6) is -0.238. The first kappa shape index (κ1) is 15.5. The molecule has 1 N–H and O–H groups in total. The van der Waals surface area contributed by atoms with Crippen molar-refractivity contribution in [3.63, 3.8) is 0 Å². The molecule has 23 heavy (non-hydrogen) atoms. The molecule has 1 aromatic carbocycles. The molecule has 1 aliphatic heterocycles. The first-order valence-corrected chi connectivity index (χ1v) is 7.67. The molecular weight excluding hydrogens is 314 g/mol. The number of rotatable bonds is 3. The number of nitrogens with one attached hydrogen (secondary N) is 1. The van der Waals surface area contributed by atoms with Gasteiger partial charge in [0.25, 0.3) is 0 Å². The predicted octanol–water partition coefficient (Wildman–Crippen LogP) is 2.89. The highest BCUT2D eigenvalue weighted by Crippen LogP contribution is 2.37. The van der Waals surface area contributed by atoms with E-state index in [0.717, 1.165) is 5.56 Å². The fourth-order valence-corrected chi connectivity index (χ4v) is 3.00. The molecule has 5 nitrogen and oxygen atoms in total. The molecule has 0 spiro atoms. The molecule has 0 aliphatic carbocycles. The zero-order valence-corrected chi connectivity index (χ0v) is 13.3. The van der Waals surface area contributed by atoms with Crippen molar-refractivity contribution in [2.24, 2.45) is 5.92 Å². The summed E-state index contributed by atoms with van der Waals surface area (Å²) in [5.41, 5.74) is 0.893. The van der Waals surface area contributed by atoms with Gasteiger partial charge in [-0.2, -0.15) is 0 Å². The number of hydrogen-bond acceptors (Lipinski definition) is 3. The number of nitrogens with zero attached hydrogens (tertiary/aromatic N) is 2. The minimum Gasteiger partial charge on any atom is -0.338 e. The van der Waals surface area contributed by atoms with Gasteiger partial charge < -0.3 is 10.2 Å². The van der Waals surface area contributed by atoms with Crippen molar-refractivity contribution < 1.29 is 9.59 Å². The highest BCUT2D eigenvalue weighted by Gasteiger charge is 2.42. The Morgan fingerprint density at radius 2 is 2.00 bits per heavy atom. The minimum absolute atomic E-state index is 0.0499. The van der Waals surface area contributed by atoms with E-state index in [1.165, 1.54) is 0 Å². The van der Waals surface area contributed by atoms with Gasteiger partial charge >= 0.3 is 0 Å². The Hall–Kier alpha value is -2.40. The average Bonchev–Trinajstić information content (AvgIpc) is 2.85. The Labute approximate surface area is 139 Å². The zero-order chi connectivity index (χ0) is 16.4. The number of halogens is 1. The van der Waals surface area contributed by atoms with E-state index < -0.39 is 5.92 Å². The lowest BCUT2D eigenvalue weighted by atomic mass is 9.93. The van der Waals surface area contributed by atoms with Crippen LogP contribution in [0.2, 0.25) is 5.02 Å². The monoisotopic (exact) mass is 329 g/mol. The van der Waals surface area contributed by atoms with Crippen LogP contribution in [0.25, 0.3) is 0 Å². The summed E-state index contributed by atoms with van der Waals surface area (Å²) in [6.45, 7) is 0. The van der Waals surface area contributed by atoms with Crippen LogP contribution in [0.1, 0.15) is 18.0 Å². The Bertz CT molecular complexity index is 718. The summed E-state index contributed by atoms with van der Waals surface area (Å²) in [6, 6.07) is 12.2. The maximum Gasteiger partial charge on any atom is 0.231 e. The second-order valence-corrected chi connectivity index (χ2v) is 5.95. The van der Waals surface area contributed by atoms with Crippen LogP contribution in [0.15, 0.2) is 48.7 Å². The van der Waals surface area contributed by atoms with E-state index in [0.29, 0.717) is 10.8 Å². The molecule has 6 heteroatoms. The molecule has 3 rings (SSSR count). The second-order valence-electron chi connectivity index (χ2n) is 5.52. The molecule has 118 valence electrons. The quantitative estimate of drug-likeness (QED) is 0.941. The van der Waals surface area contributed by atoms with Crippen LogP contribution in [0, 0.1) is 5.92 Å². The summed E-state index contributed by atoms with van der Waals surface area (Å²) >= 11 is 5.92. The molecule has 1 aliphatic rings. The molecule has 0 saturated carbocycles. The lowest BCUT2D eigenvalue weighted by Gasteiger charge is -2.24. The van der Waals surface area contributed by atoms with E-state index in [1.54, 1.807) is 48.5 Å².